The minimum Gasteiger partial charge on any atom is -0.456 e. The molecule has 1 aromatic carbocycles. The number of hydrogen-bond donors (Lipinski definition) is 1. The van der Waals surface area contributed by atoms with Gasteiger partial charge in [0, 0.05) is 22.7 Å². The van der Waals surface area contributed by atoms with Crippen LogP contribution in [-0.2, 0) is 18.4 Å². The van der Waals surface area contributed by atoms with E-state index in [0.717, 1.165) is 0 Å². The lowest BCUT2D eigenvalue weighted by atomic mass is 10.2. The molecule has 0 aliphatic carbocycles. The SMILES string of the molecule is Cc1nn(C)c(C(=O)OCc2c(Cl)cccc2Cl)c1N. The number of benzene rings is 1. The van der Waals surface area contributed by atoms with Crippen molar-refractivity contribution in [3.63, 3.8) is 0 Å². The molecule has 2 rings (SSSR count). The third-order valence-corrected chi connectivity index (χ3v) is 3.58. The van der Waals surface area contributed by atoms with Crippen molar-refractivity contribution in [3.8, 4) is 0 Å². The molecular weight excluding hydrogens is 301 g/mol. The smallest absolute Gasteiger partial charge is 0.359 e. The monoisotopic (exact) mass is 313 g/mol. The zero-order valence-electron chi connectivity index (χ0n) is 11.0. The summed E-state index contributed by atoms with van der Waals surface area (Å²) in [4.78, 5) is 12.0. The Morgan fingerprint density at radius 2 is 2.00 bits per heavy atom. The highest BCUT2D eigenvalue weighted by Gasteiger charge is 2.20. The molecule has 0 saturated heterocycles. The van der Waals surface area contributed by atoms with Crippen molar-refractivity contribution in [2.45, 2.75) is 13.5 Å². The predicted octanol–water partition coefficient (Wildman–Crippen LogP) is 2.97. The van der Waals surface area contributed by atoms with Gasteiger partial charge >= 0.3 is 5.97 Å². The van der Waals surface area contributed by atoms with Crippen LogP contribution >= 0.6 is 23.2 Å². The lowest BCUT2D eigenvalue weighted by molar-refractivity contribution is 0.0461. The van der Waals surface area contributed by atoms with Gasteiger partial charge in [-0.25, -0.2) is 4.79 Å². The van der Waals surface area contributed by atoms with Crippen LogP contribution in [0.15, 0.2) is 18.2 Å². The Kier molecular flexibility index (Phi) is 4.20. The molecular formula is C13H13Cl2N3O2. The van der Waals surface area contributed by atoms with Crippen LogP contribution in [0.2, 0.25) is 10.0 Å². The Hall–Kier alpha value is -1.72. The van der Waals surface area contributed by atoms with Gasteiger partial charge in [0.05, 0.1) is 11.4 Å². The average molecular weight is 314 g/mol. The van der Waals surface area contributed by atoms with E-state index in [2.05, 4.69) is 5.10 Å². The maximum Gasteiger partial charge on any atom is 0.359 e. The quantitative estimate of drug-likeness (QED) is 0.884. The summed E-state index contributed by atoms with van der Waals surface area (Å²) in [5.74, 6) is -0.568. The number of anilines is 1. The normalized spacial score (nSPS) is 10.6. The van der Waals surface area contributed by atoms with Crippen LogP contribution in [-0.4, -0.2) is 15.7 Å². The van der Waals surface area contributed by atoms with E-state index < -0.39 is 5.97 Å². The summed E-state index contributed by atoms with van der Waals surface area (Å²) in [6.45, 7) is 1.69. The molecule has 2 N–H and O–H groups in total. The largest absolute Gasteiger partial charge is 0.456 e. The highest BCUT2D eigenvalue weighted by molar-refractivity contribution is 6.35. The third kappa shape index (κ3) is 2.73. The molecule has 0 radical (unpaired) electrons. The second kappa shape index (κ2) is 5.73. The number of esters is 1. The predicted molar refractivity (Wildman–Crippen MR) is 77.9 cm³/mol. The van der Waals surface area contributed by atoms with Gasteiger partial charge in [-0.05, 0) is 19.1 Å². The summed E-state index contributed by atoms with van der Waals surface area (Å²) in [5.41, 5.74) is 7.45. The number of ether oxygens (including phenoxy) is 1. The maximum atomic E-state index is 12.0. The number of carbonyl (C=O) groups excluding carboxylic acids is 1. The number of aromatic nitrogens is 2. The highest BCUT2D eigenvalue weighted by atomic mass is 35.5. The van der Waals surface area contributed by atoms with E-state index in [-0.39, 0.29) is 12.3 Å². The minimum absolute atomic E-state index is 0.0268. The molecule has 0 bridgehead atoms. The number of carbonyl (C=O) groups is 1. The Bertz CT molecular complexity index is 648. The number of nitrogens with zero attached hydrogens (tertiary/aromatic N) is 2. The van der Waals surface area contributed by atoms with E-state index in [1.165, 1.54) is 4.68 Å². The summed E-state index contributed by atoms with van der Waals surface area (Å²) < 4.78 is 6.59. The lowest BCUT2D eigenvalue weighted by Crippen LogP contribution is -2.13. The number of halogens is 2. The maximum absolute atomic E-state index is 12.0. The Morgan fingerprint density at radius 1 is 1.40 bits per heavy atom. The van der Waals surface area contributed by atoms with Gasteiger partial charge in [-0.2, -0.15) is 5.10 Å². The number of hydrogen-bond acceptors (Lipinski definition) is 4. The first-order chi connectivity index (χ1) is 9.41. The third-order valence-electron chi connectivity index (χ3n) is 2.87. The second-order valence-electron chi connectivity index (χ2n) is 4.25. The topological polar surface area (TPSA) is 70.1 Å². The molecule has 7 heteroatoms. The molecule has 5 nitrogen and oxygen atoms in total. The van der Waals surface area contributed by atoms with Crippen LogP contribution in [0.5, 0.6) is 0 Å². The molecule has 0 spiro atoms. The Morgan fingerprint density at radius 3 is 2.50 bits per heavy atom. The fraction of sp³-hybridized carbons (Fsp3) is 0.231. The second-order valence-corrected chi connectivity index (χ2v) is 5.06. The lowest BCUT2D eigenvalue weighted by Gasteiger charge is -2.08. The van der Waals surface area contributed by atoms with Gasteiger partial charge in [-0.3, -0.25) is 4.68 Å². The molecule has 0 fully saturated rings. The summed E-state index contributed by atoms with van der Waals surface area (Å²) in [5, 5.41) is 4.95. The van der Waals surface area contributed by atoms with Crippen LogP contribution in [0.4, 0.5) is 5.69 Å². The van der Waals surface area contributed by atoms with E-state index in [1.54, 1.807) is 32.2 Å². The molecule has 0 aliphatic heterocycles. The van der Waals surface area contributed by atoms with E-state index in [9.17, 15) is 4.79 Å². The van der Waals surface area contributed by atoms with Gasteiger partial charge in [0.1, 0.15) is 6.61 Å². The number of aryl methyl sites for hydroxylation is 2. The van der Waals surface area contributed by atoms with Crippen LogP contribution in [0, 0.1) is 6.92 Å². The van der Waals surface area contributed by atoms with Crippen molar-refractivity contribution in [3.05, 3.63) is 45.2 Å². The van der Waals surface area contributed by atoms with E-state index in [4.69, 9.17) is 33.7 Å². The molecule has 1 heterocycles. The number of nitrogen functional groups attached to an aromatic ring is 1. The van der Waals surface area contributed by atoms with Crippen molar-refractivity contribution in [1.29, 1.82) is 0 Å². The molecule has 2 aromatic rings. The summed E-state index contributed by atoms with van der Waals surface area (Å²) in [6, 6.07) is 5.08. The van der Waals surface area contributed by atoms with Crippen LogP contribution in [0.3, 0.4) is 0 Å². The fourth-order valence-corrected chi connectivity index (χ4v) is 2.30. The number of rotatable bonds is 3. The molecule has 0 aliphatic rings. The van der Waals surface area contributed by atoms with Crippen molar-refractivity contribution in [1.82, 2.24) is 9.78 Å². The minimum atomic E-state index is -0.568. The van der Waals surface area contributed by atoms with Crippen LogP contribution in [0.25, 0.3) is 0 Å². The molecule has 0 unspecified atom stereocenters. The standard InChI is InChI=1S/C13H13Cl2N3O2/c1-7-11(16)12(18(2)17-7)13(19)20-6-8-9(14)4-3-5-10(8)15/h3-5H,6,16H2,1-2H3. The molecule has 0 amide bonds. The number of nitrogens with two attached hydrogens (primary N) is 1. The van der Waals surface area contributed by atoms with Gasteiger partial charge in [0.25, 0.3) is 0 Å². The first-order valence-corrected chi connectivity index (χ1v) is 6.56. The van der Waals surface area contributed by atoms with Gasteiger partial charge in [-0.1, -0.05) is 29.3 Å². The fourth-order valence-electron chi connectivity index (χ4n) is 1.79. The van der Waals surface area contributed by atoms with Gasteiger partial charge in [0.15, 0.2) is 5.69 Å². The van der Waals surface area contributed by atoms with E-state index in [1.807, 2.05) is 0 Å². The zero-order chi connectivity index (χ0) is 14.9. The van der Waals surface area contributed by atoms with Crippen molar-refractivity contribution < 1.29 is 9.53 Å². The molecule has 20 heavy (non-hydrogen) atoms. The van der Waals surface area contributed by atoms with Crippen molar-refractivity contribution in [2.75, 3.05) is 5.73 Å². The first-order valence-electron chi connectivity index (χ1n) is 5.81. The average Bonchev–Trinajstić information content (AvgIpc) is 2.62. The molecule has 0 saturated carbocycles. The summed E-state index contributed by atoms with van der Waals surface area (Å²) >= 11 is 12.0. The molecule has 0 atom stereocenters. The van der Waals surface area contributed by atoms with Gasteiger partial charge in [-0.15, -0.1) is 0 Å². The highest BCUT2D eigenvalue weighted by Crippen LogP contribution is 2.25. The van der Waals surface area contributed by atoms with Crippen LogP contribution < -0.4 is 5.73 Å². The van der Waals surface area contributed by atoms with Gasteiger partial charge < -0.3 is 10.5 Å². The van der Waals surface area contributed by atoms with Gasteiger partial charge in [0.2, 0.25) is 0 Å². The van der Waals surface area contributed by atoms with Crippen molar-refractivity contribution in [2.24, 2.45) is 7.05 Å². The zero-order valence-corrected chi connectivity index (χ0v) is 12.5. The van der Waals surface area contributed by atoms with Crippen molar-refractivity contribution >= 4 is 34.9 Å². The van der Waals surface area contributed by atoms with E-state index in [0.29, 0.717) is 27.0 Å². The van der Waals surface area contributed by atoms with E-state index >= 15 is 0 Å². The summed E-state index contributed by atoms with van der Waals surface area (Å²) in [6.07, 6.45) is 0. The molecule has 1 aromatic heterocycles. The first kappa shape index (κ1) is 14.7. The van der Waals surface area contributed by atoms with Crippen LogP contribution in [0.1, 0.15) is 21.7 Å². The summed E-state index contributed by atoms with van der Waals surface area (Å²) in [7, 11) is 1.63. The molecule has 106 valence electrons. The Labute approximate surface area is 126 Å². The Balaban J connectivity index is 2.17.